The number of pyridine rings is 1. The molecule has 1 fully saturated rings. The van der Waals surface area contributed by atoms with Crippen molar-refractivity contribution in [1.29, 1.82) is 0 Å². The van der Waals surface area contributed by atoms with E-state index in [0.717, 1.165) is 12.0 Å². The molecular weight excluding hydrogens is 345 g/mol. The zero-order valence-corrected chi connectivity index (χ0v) is 14.2. The summed E-state index contributed by atoms with van der Waals surface area (Å²) in [5, 5.41) is 2.93. The molecule has 1 amide bonds. The first kappa shape index (κ1) is 18.2. The SMILES string of the molecule is C[C@H](NC(=O)[C@H]1C[C@@H]1c1ccccc1)c1ccc(OCC(F)(F)F)nc1. The second-order valence-electron chi connectivity index (χ2n) is 6.42. The average Bonchev–Trinajstić information content (AvgIpc) is 3.41. The van der Waals surface area contributed by atoms with E-state index in [2.05, 4.69) is 15.0 Å². The predicted molar refractivity (Wildman–Crippen MR) is 89.6 cm³/mol. The van der Waals surface area contributed by atoms with Gasteiger partial charge >= 0.3 is 6.18 Å². The number of nitrogens with one attached hydrogen (secondary N) is 1. The highest BCUT2D eigenvalue weighted by atomic mass is 19.4. The Labute approximate surface area is 149 Å². The third kappa shape index (κ3) is 4.74. The molecule has 4 nitrogen and oxygen atoms in total. The smallest absolute Gasteiger partial charge is 0.422 e. The normalized spacial score (nSPS) is 20.3. The number of aromatic nitrogens is 1. The van der Waals surface area contributed by atoms with Crippen molar-refractivity contribution in [2.45, 2.75) is 31.5 Å². The summed E-state index contributed by atoms with van der Waals surface area (Å²) >= 11 is 0. The van der Waals surface area contributed by atoms with E-state index in [9.17, 15) is 18.0 Å². The lowest BCUT2D eigenvalue weighted by Gasteiger charge is -2.15. The lowest BCUT2D eigenvalue weighted by atomic mass is 10.1. The lowest BCUT2D eigenvalue weighted by Crippen LogP contribution is -2.28. The van der Waals surface area contributed by atoms with Gasteiger partial charge in [0.25, 0.3) is 0 Å². The zero-order valence-electron chi connectivity index (χ0n) is 14.2. The van der Waals surface area contributed by atoms with Crippen molar-refractivity contribution in [3.63, 3.8) is 0 Å². The van der Waals surface area contributed by atoms with Gasteiger partial charge in [0.2, 0.25) is 11.8 Å². The quantitative estimate of drug-likeness (QED) is 0.843. The molecule has 1 N–H and O–H groups in total. The number of amides is 1. The minimum Gasteiger partial charge on any atom is -0.468 e. The summed E-state index contributed by atoms with van der Waals surface area (Å²) in [7, 11) is 0. The molecule has 2 aromatic rings. The fourth-order valence-electron chi connectivity index (χ4n) is 2.85. The van der Waals surface area contributed by atoms with Crippen molar-refractivity contribution >= 4 is 5.91 Å². The largest absolute Gasteiger partial charge is 0.468 e. The summed E-state index contributed by atoms with van der Waals surface area (Å²) in [5.41, 5.74) is 1.86. The molecule has 0 spiro atoms. The molecule has 1 aliphatic rings. The number of rotatable bonds is 6. The van der Waals surface area contributed by atoms with Gasteiger partial charge in [-0.2, -0.15) is 13.2 Å². The van der Waals surface area contributed by atoms with E-state index in [4.69, 9.17) is 0 Å². The highest BCUT2D eigenvalue weighted by Gasteiger charge is 2.44. The van der Waals surface area contributed by atoms with E-state index >= 15 is 0 Å². The Morgan fingerprint density at radius 2 is 2.00 bits per heavy atom. The van der Waals surface area contributed by atoms with E-state index in [0.29, 0.717) is 5.56 Å². The number of hydrogen-bond donors (Lipinski definition) is 1. The Hall–Kier alpha value is -2.57. The van der Waals surface area contributed by atoms with Crippen LogP contribution in [0.4, 0.5) is 13.2 Å². The van der Waals surface area contributed by atoms with Gasteiger partial charge in [-0.25, -0.2) is 4.98 Å². The molecule has 0 aliphatic heterocycles. The summed E-state index contributed by atoms with van der Waals surface area (Å²) in [6.07, 6.45) is -2.16. The van der Waals surface area contributed by atoms with Gasteiger partial charge in [0.15, 0.2) is 6.61 Å². The highest BCUT2D eigenvalue weighted by molar-refractivity contribution is 5.83. The van der Waals surface area contributed by atoms with Crippen molar-refractivity contribution in [2.75, 3.05) is 6.61 Å². The van der Waals surface area contributed by atoms with Crippen molar-refractivity contribution in [3.05, 3.63) is 59.8 Å². The number of carbonyl (C=O) groups is 1. The molecule has 0 radical (unpaired) electrons. The highest BCUT2D eigenvalue weighted by Crippen LogP contribution is 2.47. The topological polar surface area (TPSA) is 51.2 Å². The van der Waals surface area contributed by atoms with Gasteiger partial charge < -0.3 is 10.1 Å². The van der Waals surface area contributed by atoms with Crippen LogP contribution in [0.25, 0.3) is 0 Å². The van der Waals surface area contributed by atoms with Crippen LogP contribution in [0.2, 0.25) is 0 Å². The molecule has 26 heavy (non-hydrogen) atoms. The number of halogens is 3. The molecule has 1 aliphatic carbocycles. The summed E-state index contributed by atoms with van der Waals surface area (Å²) in [4.78, 5) is 16.2. The molecule has 3 atom stereocenters. The van der Waals surface area contributed by atoms with Crippen LogP contribution in [0.5, 0.6) is 5.88 Å². The Morgan fingerprint density at radius 1 is 1.27 bits per heavy atom. The van der Waals surface area contributed by atoms with Gasteiger partial charge in [0.05, 0.1) is 6.04 Å². The standard InChI is InChI=1S/C19H19F3N2O2/c1-12(14-7-8-17(23-10-14)26-11-19(20,21)22)24-18(25)16-9-15(16)13-5-3-2-4-6-13/h2-8,10,12,15-16H,9,11H2,1H3,(H,24,25)/t12-,15+,16-/m0/s1. The minimum atomic E-state index is -4.40. The predicted octanol–water partition coefficient (Wildman–Crippen LogP) is 4.00. The summed E-state index contributed by atoms with van der Waals surface area (Å²) in [5.74, 6) is 0.0848. The summed E-state index contributed by atoms with van der Waals surface area (Å²) in [6.45, 7) is 0.430. The van der Waals surface area contributed by atoms with Gasteiger partial charge in [-0.05, 0) is 30.4 Å². The van der Waals surface area contributed by atoms with Crippen LogP contribution < -0.4 is 10.1 Å². The molecule has 3 rings (SSSR count). The second kappa shape index (κ2) is 7.35. The van der Waals surface area contributed by atoms with Gasteiger partial charge in [0.1, 0.15) is 0 Å². The van der Waals surface area contributed by atoms with Crippen LogP contribution in [0.3, 0.4) is 0 Å². The van der Waals surface area contributed by atoms with Crippen LogP contribution in [-0.4, -0.2) is 23.7 Å². The number of alkyl halides is 3. The summed E-state index contributed by atoms with van der Waals surface area (Å²) < 4.78 is 41.0. The molecule has 0 saturated heterocycles. The Balaban J connectivity index is 1.52. The number of ether oxygens (including phenoxy) is 1. The van der Waals surface area contributed by atoms with Gasteiger partial charge in [-0.3, -0.25) is 4.79 Å². The van der Waals surface area contributed by atoms with Gasteiger partial charge in [-0.15, -0.1) is 0 Å². The molecule has 0 unspecified atom stereocenters. The molecular formula is C19H19F3N2O2. The number of carbonyl (C=O) groups excluding carboxylic acids is 1. The molecule has 1 saturated carbocycles. The summed E-state index contributed by atoms with van der Waals surface area (Å²) in [6, 6.07) is 12.6. The lowest BCUT2D eigenvalue weighted by molar-refractivity contribution is -0.154. The second-order valence-corrected chi connectivity index (χ2v) is 6.42. The first-order chi connectivity index (χ1) is 12.3. The van der Waals surface area contributed by atoms with Crippen LogP contribution in [0, 0.1) is 5.92 Å². The van der Waals surface area contributed by atoms with Crippen molar-refractivity contribution in [3.8, 4) is 5.88 Å². The van der Waals surface area contributed by atoms with E-state index in [1.807, 2.05) is 37.3 Å². The van der Waals surface area contributed by atoms with Crippen molar-refractivity contribution < 1.29 is 22.7 Å². The molecule has 1 aromatic heterocycles. The van der Waals surface area contributed by atoms with E-state index in [-0.39, 0.29) is 29.7 Å². The fraction of sp³-hybridized carbons (Fsp3) is 0.368. The molecule has 138 valence electrons. The van der Waals surface area contributed by atoms with Crippen LogP contribution in [0.1, 0.15) is 36.4 Å². The maximum Gasteiger partial charge on any atom is 0.422 e. The minimum absolute atomic E-state index is 0.0243. The van der Waals surface area contributed by atoms with Gasteiger partial charge in [0, 0.05) is 18.2 Å². The monoisotopic (exact) mass is 364 g/mol. The maximum absolute atomic E-state index is 12.4. The van der Waals surface area contributed by atoms with E-state index < -0.39 is 12.8 Å². The third-order valence-corrected chi connectivity index (χ3v) is 4.36. The van der Waals surface area contributed by atoms with Crippen molar-refractivity contribution in [2.24, 2.45) is 5.92 Å². The molecule has 1 heterocycles. The van der Waals surface area contributed by atoms with Gasteiger partial charge in [-0.1, -0.05) is 36.4 Å². The molecule has 0 bridgehead atoms. The Bertz CT molecular complexity index is 748. The van der Waals surface area contributed by atoms with E-state index in [1.165, 1.54) is 12.3 Å². The zero-order chi connectivity index (χ0) is 18.7. The fourth-order valence-corrected chi connectivity index (χ4v) is 2.85. The number of hydrogen-bond acceptors (Lipinski definition) is 3. The number of nitrogens with zero attached hydrogens (tertiary/aromatic N) is 1. The molecule has 1 aromatic carbocycles. The first-order valence-corrected chi connectivity index (χ1v) is 8.34. The van der Waals surface area contributed by atoms with Crippen LogP contribution in [-0.2, 0) is 4.79 Å². The first-order valence-electron chi connectivity index (χ1n) is 8.34. The Kier molecular flexibility index (Phi) is 5.15. The van der Waals surface area contributed by atoms with E-state index in [1.54, 1.807) is 6.07 Å². The molecule has 7 heteroatoms. The Morgan fingerprint density at radius 3 is 2.62 bits per heavy atom. The van der Waals surface area contributed by atoms with Crippen molar-refractivity contribution in [1.82, 2.24) is 10.3 Å². The number of benzene rings is 1. The van der Waals surface area contributed by atoms with Crippen LogP contribution >= 0.6 is 0 Å². The maximum atomic E-state index is 12.4. The van der Waals surface area contributed by atoms with Crippen LogP contribution in [0.15, 0.2) is 48.7 Å². The third-order valence-electron chi connectivity index (χ3n) is 4.36. The average molecular weight is 364 g/mol.